The zero-order valence-electron chi connectivity index (χ0n) is 3.80. The largest absolute Gasteiger partial charge is 0.506 e. The van der Waals surface area contributed by atoms with Gasteiger partial charge in [0.2, 0.25) is 0 Å². The van der Waals surface area contributed by atoms with Crippen LogP contribution >= 0.6 is 0 Å². The second kappa shape index (κ2) is 7.42. The van der Waals surface area contributed by atoms with Crippen LogP contribution in [0.4, 0.5) is 0 Å². The van der Waals surface area contributed by atoms with Crippen molar-refractivity contribution in [3.05, 3.63) is 0 Å². The van der Waals surface area contributed by atoms with Crippen molar-refractivity contribution < 1.29 is 40.5 Å². The maximum atomic E-state index is 9.39. The summed E-state index contributed by atoms with van der Waals surface area (Å²) in [6.07, 6.45) is 0. The van der Waals surface area contributed by atoms with Gasteiger partial charge in [-0.3, -0.25) is 0 Å². The molecular formula is C2H4Cl2O4. The predicted octanol–water partition coefficient (Wildman–Crippen LogP) is -2.43. The molecule has 0 heterocycles. The summed E-state index contributed by atoms with van der Waals surface area (Å²) < 4.78 is 27.1. The standard InChI is InChI=1S/C2H4Cl2O4/c5-3-7-1-2-8-4-6/h1-2H2. The molecule has 0 spiro atoms. The molecule has 0 radical (unpaired) electrons. The van der Waals surface area contributed by atoms with Gasteiger partial charge in [-0.05, 0) is 0 Å². The first-order chi connectivity index (χ1) is 3.91. The molecule has 0 aliphatic carbocycles. The summed E-state index contributed by atoms with van der Waals surface area (Å²) >= 11 is 0.792. The van der Waals surface area contributed by atoms with Crippen molar-refractivity contribution in [2.45, 2.75) is 0 Å². The van der Waals surface area contributed by atoms with E-state index in [4.69, 9.17) is 0 Å². The van der Waals surface area contributed by atoms with E-state index in [1.165, 1.54) is 0 Å². The summed E-state index contributed by atoms with van der Waals surface area (Å²) in [6.45, 7) is 0.235. The van der Waals surface area contributed by atoms with Gasteiger partial charge < -0.3 is 9.32 Å². The van der Waals surface area contributed by atoms with Gasteiger partial charge >= 0.3 is 22.7 Å². The van der Waals surface area contributed by atoms with Gasteiger partial charge in [-0.2, -0.15) is 0 Å². The van der Waals surface area contributed by atoms with Crippen molar-refractivity contribution in [2.75, 3.05) is 13.2 Å². The van der Waals surface area contributed by atoms with E-state index in [2.05, 4.69) is 8.58 Å². The highest BCUT2D eigenvalue weighted by molar-refractivity contribution is 4.12. The average Bonchev–Trinajstić information content (AvgIpc) is 1.81. The first-order valence-corrected chi connectivity index (χ1v) is 2.93. The maximum absolute atomic E-state index is 9.39. The summed E-state index contributed by atoms with van der Waals surface area (Å²) in [5.41, 5.74) is 0. The Labute approximate surface area is 54.5 Å². The van der Waals surface area contributed by atoms with Crippen molar-refractivity contribution in [1.29, 1.82) is 0 Å². The van der Waals surface area contributed by atoms with Crippen LogP contribution in [0.25, 0.3) is 0 Å². The molecule has 4 nitrogen and oxygen atoms in total. The van der Waals surface area contributed by atoms with E-state index in [1.807, 2.05) is 0 Å². The minimum atomic E-state index is 0.118. The SMILES string of the molecule is [O-][Cl+]OCCO[Cl+][O-]. The highest BCUT2D eigenvalue weighted by Crippen LogP contribution is 1.73. The lowest BCUT2D eigenvalue weighted by Crippen LogP contribution is -2.12. The highest BCUT2D eigenvalue weighted by Gasteiger charge is 1.96. The van der Waals surface area contributed by atoms with E-state index >= 15 is 0 Å². The average molecular weight is 163 g/mol. The van der Waals surface area contributed by atoms with Gasteiger partial charge in [0.05, 0.1) is 0 Å². The van der Waals surface area contributed by atoms with Crippen LogP contribution in [0.15, 0.2) is 0 Å². The lowest BCUT2D eigenvalue weighted by molar-refractivity contribution is -1.28. The van der Waals surface area contributed by atoms with E-state index in [9.17, 15) is 9.32 Å². The van der Waals surface area contributed by atoms with Gasteiger partial charge in [-0.25, -0.2) is 0 Å². The van der Waals surface area contributed by atoms with Crippen LogP contribution < -0.4 is 9.32 Å². The second-order valence-electron chi connectivity index (χ2n) is 0.752. The van der Waals surface area contributed by atoms with Crippen molar-refractivity contribution in [2.24, 2.45) is 0 Å². The Kier molecular flexibility index (Phi) is 7.81. The van der Waals surface area contributed by atoms with Crippen LogP contribution in [0.5, 0.6) is 0 Å². The lowest BCUT2D eigenvalue weighted by atomic mass is 10.8. The molecule has 0 saturated carbocycles. The number of hydrogen-bond donors (Lipinski definition) is 0. The summed E-state index contributed by atoms with van der Waals surface area (Å²) in [5.74, 6) is 0. The smallest absolute Gasteiger partial charge is 0.330 e. The minimum absolute atomic E-state index is 0.118. The third-order valence-electron chi connectivity index (χ3n) is 0.327. The molecule has 0 atom stereocenters. The van der Waals surface area contributed by atoms with Gasteiger partial charge in [0.15, 0.2) is 0 Å². The van der Waals surface area contributed by atoms with E-state index in [1.54, 1.807) is 0 Å². The Balaban J connectivity index is 2.53. The molecule has 0 rings (SSSR count). The molecule has 0 aromatic heterocycles. The van der Waals surface area contributed by atoms with Crippen molar-refractivity contribution >= 4 is 0 Å². The fourth-order valence-electron chi connectivity index (χ4n) is 0.126. The van der Waals surface area contributed by atoms with Crippen LogP contribution in [-0.2, 0) is 8.58 Å². The second-order valence-corrected chi connectivity index (χ2v) is 1.44. The van der Waals surface area contributed by atoms with Crippen LogP contribution in [0.1, 0.15) is 0 Å². The normalized spacial score (nSPS) is 9.75. The zero-order valence-corrected chi connectivity index (χ0v) is 5.31. The van der Waals surface area contributed by atoms with E-state index < -0.39 is 0 Å². The van der Waals surface area contributed by atoms with Crippen LogP contribution in [0, 0.1) is 22.7 Å². The molecule has 0 saturated heterocycles. The van der Waals surface area contributed by atoms with Crippen molar-refractivity contribution in [3.8, 4) is 0 Å². The molecule has 0 unspecified atom stereocenters. The number of rotatable bonds is 5. The maximum Gasteiger partial charge on any atom is 0.330 e. The zero-order chi connectivity index (χ0) is 6.24. The van der Waals surface area contributed by atoms with E-state index in [0.717, 1.165) is 0 Å². The topological polar surface area (TPSA) is 64.6 Å². The fourth-order valence-corrected chi connectivity index (χ4v) is 0.378. The molecule has 0 bridgehead atoms. The quantitative estimate of drug-likeness (QED) is 0.422. The lowest BCUT2D eigenvalue weighted by Gasteiger charge is -1.83. The molecule has 0 fully saturated rings. The third kappa shape index (κ3) is 6.42. The van der Waals surface area contributed by atoms with Crippen LogP contribution in [-0.4, -0.2) is 13.2 Å². The molecule has 0 aromatic rings. The molecule has 0 aliphatic heterocycles. The molecule has 0 aromatic carbocycles. The fraction of sp³-hybridized carbons (Fsp3) is 1.00. The van der Waals surface area contributed by atoms with Gasteiger partial charge in [-0.1, -0.05) is 0 Å². The molecule has 50 valence electrons. The Morgan fingerprint density at radius 3 is 1.62 bits per heavy atom. The molecule has 8 heavy (non-hydrogen) atoms. The predicted molar refractivity (Wildman–Crippen MR) is 11.9 cm³/mol. The van der Waals surface area contributed by atoms with Gasteiger partial charge in [0, 0.05) is 0 Å². The molecule has 0 amide bonds. The third-order valence-corrected chi connectivity index (χ3v) is 0.814. The molecule has 6 heteroatoms. The van der Waals surface area contributed by atoms with Gasteiger partial charge in [0.1, 0.15) is 13.2 Å². The highest BCUT2D eigenvalue weighted by atomic mass is 35.6. The molecular weight excluding hydrogens is 159 g/mol. The number of hydrogen-bond acceptors (Lipinski definition) is 4. The minimum Gasteiger partial charge on any atom is -0.506 e. The van der Waals surface area contributed by atoms with Crippen molar-refractivity contribution in [3.63, 3.8) is 0 Å². The van der Waals surface area contributed by atoms with Crippen LogP contribution in [0.2, 0.25) is 0 Å². The monoisotopic (exact) mass is 162 g/mol. The Morgan fingerprint density at radius 2 is 1.38 bits per heavy atom. The molecule has 0 aliphatic rings. The Hall–Kier alpha value is 0.420. The summed E-state index contributed by atoms with van der Waals surface area (Å²) in [6, 6.07) is 0. The van der Waals surface area contributed by atoms with Crippen molar-refractivity contribution in [1.82, 2.24) is 0 Å². The first-order valence-electron chi connectivity index (χ1n) is 1.69. The summed E-state index contributed by atoms with van der Waals surface area (Å²) in [7, 11) is 0. The Bertz CT molecular complexity index is 37.0. The van der Waals surface area contributed by atoms with Gasteiger partial charge in [0.25, 0.3) is 0 Å². The first kappa shape index (κ1) is 8.42. The van der Waals surface area contributed by atoms with E-state index in [0.29, 0.717) is 22.7 Å². The summed E-state index contributed by atoms with van der Waals surface area (Å²) in [5, 5.41) is 0. The van der Waals surface area contributed by atoms with Gasteiger partial charge in [-0.15, -0.1) is 8.58 Å². The Morgan fingerprint density at radius 1 is 1.00 bits per heavy atom. The summed E-state index contributed by atoms with van der Waals surface area (Å²) in [4.78, 5) is 0. The van der Waals surface area contributed by atoms with E-state index in [-0.39, 0.29) is 13.2 Å². The number of halogens is 2. The van der Waals surface area contributed by atoms with Crippen LogP contribution in [0.3, 0.4) is 0 Å². The molecule has 0 N–H and O–H groups in total.